The molecule has 0 radical (unpaired) electrons. The number of hydrogen-bond acceptors (Lipinski definition) is 3. The van der Waals surface area contributed by atoms with Crippen molar-refractivity contribution in [2.24, 2.45) is 0 Å². The zero-order valence-corrected chi connectivity index (χ0v) is 26.2. The zero-order chi connectivity index (χ0) is 32.1. The topological polar surface area (TPSA) is 38.7 Å². The fourth-order valence-corrected chi connectivity index (χ4v) is 5.99. The molecule has 1 aromatic heterocycles. The van der Waals surface area contributed by atoms with Crippen molar-refractivity contribution in [1.29, 1.82) is 0 Å². The minimum Gasteiger partial charge on any atom is -0.208 e. The van der Waals surface area contributed by atoms with Gasteiger partial charge in [0.25, 0.3) is 0 Å². The van der Waals surface area contributed by atoms with Gasteiger partial charge in [-0.25, -0.2) is 15.0 Å². The number of rotatable bonds is 7. The van der Waals surface area contributed by atoms with Gasteiger partial charge >= 0.3 is 0 Å². The van der Waals surface area contributed by atoms with Gasteiger partial charge in [-0.2, -0.15) is 0 Å². The van der Waals surface area contributed by atoms with Gasteiger partial charge in [0.15, 0.2) is 17.5 Å². The quantitative estimate of drug-likeness (QED) is 0.179. The van der Waals surface area contributed by atoms with Crippen LogP contribution in [0.1, 0.15) is 0 Å². The molecule has 0 aliphatic carbocycles. The Kier molecular flexibility index (Phi) is 7.92. The van der Waals surface area contributed by atoms with Gasteiger partial charge in [0.05, 0.1) is 0 Å². The normalized spacial score (nSPS) is 10.9. The summed E-state index contributed by atoms with van der Waals surface area (Å²) >= 11 is 0. The third-order valence-corrected chi connectivity index (χ3v) is 8.56. The highest BCUT2D eigenvalue weighted by atomic mass is 15.0. The van der Waals surface area contributed by atoms with Gasteiger partial charge in [-0.3, -0.25) is 0 Å². The lowest BCUT2D eigenvalue weighted by atomic mass is 9.96. The van der Waals surface area contributed by atoms with Crippen LogP contribution in [0.5, 0.6) is 0 Å². The Morgan fingerprint density at radius 2 is 0.438 bits per heavy atom. The number of aromatic nitrogens is 3. The smallest absolute Gasteiger partial charge is 0.164 e. The molecule has 0 spiro atoms. The maximum absolute atomic E-state index is 4.93. The van der Waals surface area contributed by atoms with Crippen LogP contribution in [0.2, 0.25) is 0 Å². The molecule has 0 aliphatic rings. The molecule has 0 atom stereocenters. The van der Waals surface area contributed by atoms with Crippen LogP contribution < -0.4 is 0 Å². The van der Waals surface area contributed by atoms with Crippen LogP contribution in [-0.2, 0) is 0 Å². The lowest BCUT2D eigenvalue weighted by Gasteiger charge is -2.11. The Bertz CT molecular complexity index is 2240. The summed E-state index contributed by atoms with van der Waals surface area (Å²) in [5.74, 6) is 1.96. The van der Waals surface area contributed by atoms with Gasteiger partial charge in [-0.05, 0) is 56.6 Å². The Morgan fingerprint density at radius 1 is 0.188 bits per heavy atom. The molecule has 8 aromatic rings. The molecule has 0 saturated carbocycles. The van der Waals surface area contributed by atoms with Crippen LogP contribution >= 0.6 is 0 Å². The lowest BCUT2D eigenvalue weighted by Crippen LogP contribution is -2.00. The number of hydrogen-bond donors (Lipinski definition) is 0. The number of nitrogens with zero attached hydrogens (tertiary/aromatic N) is 3. The Labute approximate surface area is 280 Å². The molecule has 1 heterocycles. The Morgan fingerprint density at radius 3 is 0.854 bits per heavy atom. The van der Waals surface area contributed by atoms with Crippen molar-refractivity contribution in [3.63, 3.8) is 0 Å². The van der Waals surface area contributed by atoms with Crippen molar-refractivity contribution in [2.75, 3.05) is 0 Å². The molecule has 0 saturated heterocycles. The predicted molar refractivity (Wildman–Crippen MR) is 198 cm³/mol. The average molecular weight is 614 g/mol. The van der Waals surface area contributed by atoms with E-state index in [0.717, 1.165) is 27.8 Å². The van der Waals surface area contributed by atoms with E-state index in [1.807, 2.05) is 66.7 Å². The molecule has 0 bridgehead atoms. The Hall–Kier alpha value is -6.45. The molecule has 48 heavy (non-hydrogen) atoms. The van der Waals surface area contributed by atoms with E-state index in [0.29, 0.717) is 17.5 Å². The lowest BCUT2D eigenvalue weighted by molar-refractivity contribution is 1.07. The molecule has 3 nitrogen and oxygen atoms in total. The molecule has 0 aliphatic heterocycles. The van der Waals surface area contributed by atoms with Crippen molar-refractivity contribution in [2.45, 2.75) is 0 Å². The highest BCUT2D eigenvalue weighted by Crippen LogP contribution is 2.32. The zero-order valence-electron chi connectivity index (χ0n) is 26.2. The maximum Gasteiger partial charge on any atom is 0.164 e. The first-order chi connectivity index (χ1) is 23.8. The van der Waals surface area contributed by atoms with E-state index in [1.165, 1.54) is 33.4 Å². The van der Waals surface area contributed by atoms with Crippen LogP contribution in [0.4, 0.5) is 0 Å². The first-order valence-corrected chi connectivity index (χ1v) is 16.1. The molecule has 8 rings (SSSR count). The second-order valence-corrected chi connectivity index (χ2v) is 11.7. The summed E-state index contributed by atoms with van der Waals surface area (Å²) in [6.07, 6.45) is 0. The molecule has 0 unspecified atom stereocenters. The fourth-order valence-electron chi connectivity index (χ4n) is 5.99. The summed E-state index contributed by atoms with van der Waals surface area (Å²) in [7, 11) is 0. The summed E-state index contributed by atoms with van der Waals surface area (Å²) in [5, 5.41) is 0. The van der Waals surface area contributed by atoms with E-state index in [1.54, 1.807) is 0 Å². The van der Waals surface area contributed by atoms with Crippen molar-refractivity contribution < 1.29 is 0 Å². The van der Waals surface area contributed by atoms with Gasteiger partial charge < -0.3 is 0 Å². The van der Waals surface area contributed by atoms with Gasteiger partial charge in [0, 0.05) is 16.7 Å². The van der Waals surface area contributed by atoms with Crippen LogP contribution in [0.25, 0.3) is 78.7 Å². The van der Waals surface area contributed by atoms with Crippen LogP contribution in [-0.4, -0.2) is 15.0 Å². The van der Waals surface area contributed by atoms with E-state index in [-0.39, 0.29) is 0 Å². The third kappa shape index (κ3) is 6.18. The summed E-state index contributed by atoms with van der Waals surface area (Å²) in [6, 6.07) is 65.4. The van der Waals surface area contributed by atoms with E-state index < -0.39 is 0 Å². The first-order valence-electron chi connectivity index (χ1n) is 16.1. The van der Waals surface area contributed by atoms with Gasteiger partial charge in [-0.15, -0.1) is 0 Å². The van der Waals surface area contributed by atoms with Crippen LogP contribution in [0.15, 0.2) is 188 Å². The molecule has 7 aromatic carbocycles. The van der Waals surface area contributed by atoms with Gasteiger partial charge in [-0.1, -0.05) is 176 Å². The highest BCUT2D eigenvalue weighted by Gasteiger charge is 2.13. The Balaban J connectivity index is 1.09. The molecule has 3 heteroatoms. The summed E-state index contributed by atoms with van der Waals surface area (Å²) < 4.78 is 0. The second-order valence-electron chi connectivity index (χ2n) is 11.7. The molecule has 226 valence electrons. The molecular formula is C45H31N3. The molecule has 0 N–H and O–H groups in total. The van der Waals surface area contributed by atoms with E-state index >= 15 is 0 Å². The first kappa shape index (κ1) is 29.0. The standard InChI is InChI=1S/C45H31N3/c1-4-12-32(13-5-1)33-22-24-34(25-23-33)35-26-28-36(29-27-35)39-18-10-19-40(30-39)41-20-11-21-42(31-41)45-47-43(37-14-6-2-7-15-37)46-44(48-45)38-16-8-3-9-17-38/h1-31H. The van der Waals surface area contributed by atoms with Crippen LogP contribution in [0, 0.1) is 0 Å². The van der Waals surface area contributed by atoms with Crippen molar-refractivity contribution in [3.05, 3.63) is 188 Å². The maximum atomic E-state index is 4.93. The fraction of sp³-hybridized carbons (Fsp3) is 0. The molecular weight excluding hydrogens is 583 g/mol. The summed E-state index contributed by atoms with van der Waals surface area (Å²) in [4.78, 5) is 14.7. The summed E-state index contributed by atoms with van der Waals surface area (Å²) in [6.45, 7) is 0. The minimum atomic E-state index is 0.646. The van der Waals surface area contributed by atoms with E-state index in [9.17, 15) is 0 Å². The largest absolute Gasteiger partial charge is 0.208 e. The molecule has 0 amide bonds. The average Bonchev–Trinajstić information content (AvgIpc) is 3.19. The predicted octanol–water partition coefficient (Wildman–Crippen LogP) is 11.5. The summed E-state index contributed by atoms with van der Waals surface area (Å²) in [5.41, 5.74) is 12.3. The SMILES string of the molecule is c1ccc(-c2ccc(-c3ccc(-c4cccc(-c5cccc(-c6nc(-c7ccccc7)nc(-c7ccccc7)n6)c5)c4)cc3)cc2)cc1. The van der Waals surface area contributed by atoms with Gasteiger partial charge in [0.2, 0.25) is 0 Å². The van der Waals surface area contributed by atoms with E-state index in [2.05, 4.69) is 121 Å². The van der Waals surface area contributed by atoms with E-state index in [4.69, 9.17) is 15.0 Å². The third-order valence-electron chi connectivity index (χ3n) is 8.56. The van der Waals surface area contributed by atoms with Crippen molar-refractivity contribution >= 4 is 0 Å². The highest BCUT2D eigenvalue weighted by molar-refractivity contribution is 5.78. The van der Waals surface area contributed by atoms with Crippen LogP contribution in [0.3, 0.4) is 0 Å². The minimum absolute atomic E-state index is 0.646. The second kappa shape index (κ2) is 13.1. The van der Waals surface area contributed by atoms with Gasteiger partial charge in [0.1, 0.15) is 0 Å². The van der Waals surface area contributed by atoms with Crippen molar-refractivity contribution in [1.82, 2.24) is 15.0 Å². The monoisotopic (exact) mass is 613 g/mol. The van der Waals surface area contributed by atoms with Crippen molar-refractivity contribution in [3.8, 4) is 78.7 Å². The number of benzene rings is 7. The molecule has 0 fully saturated rings.